The first-order valence-electron chi connectivity index (χ1n) is 5.31. The van der Waals surface area contributed by atoms with Crippen molar-refractivity contribution in [3.63, 3.8) is 0 Å². The van der Waals surface area contributed by atoms with Gasteiger partial charge in [0, 0.05) is 6.04 Å². The van der Waals surface area contributed by atoms with E-state index in [4.69, 9.17) is 17.3 Å². The number of anilines is 1. The van der Waals surface area contributed by atoms with Gasteiger partial charge in [-0.05, 0) is 49.3 Å². The van der Waals surface area contributed by atoms with Crippen molar-refractivity contribution in [2.45, 2.75) is 18.9 Å². The summed E-state index contributed by atoms with van der Waals surface area (Å²) in [5, 5.41) is 12.4. The van der Waals surface area contributed by atoms with Gasteiger partial charge in [-0.2, -0.15) is 0 Å². The molecule has 0 spiro atoms. The van der Waals surface area contributed by atoms with Gasteiger partial charge in [0.2, 0.25) is 0 Å². The number of carbonyl (C=O) groups is 1. The van der Waals surface area contributed by atoms with E-state index in [1.54, 1.807) is 12.1 Å². The molecule has 1 aliphatic rings. The summed E-state index contributed by atoms with van der Waals surface area (Å²) in [4.78, 5) is 10.6. The Morgan fingerprint density at radius 3 is 2.47 bits per heavy atom. The highest BCUT2D eigenvalue weighted by Gasteiger charge is 2.21. The van der Waals surface area contributed by atoms with E-state index in [1.807, 2.05) is 0 Å². The van der Waals surface area contributed by atoms with Crippen LogP contribution in [0.2, 0.25) is 0 Å². The minimum Gasteiger partial charge on any atom is -0.478 e. The van der Waals surface area contributed by atoms with Crippen LogP contribution in [-0.4, -0.2) is 22.2 Å². The fourth-order valence-corrected chi connectivity index (χ4v) is 1.49. The van der Waals surface area contributed by atoms with Gasteiger partial charge in [-0.3, -0.25) is 10.9 Å². The van der Waals surface area contributed by atoms with Crippen LogP contribution in [0.4, 0.5) is 5.69 Å². The average molecular weight is 251 g/mol. The molecule has 17 heavy (non-hydrogen) atoms. The van der Waals surface area contributed by atoms with Crippen molar-refractivity contribution in [1.82, 2.24) is 10.7 Å². The Hall–Kier alpha value is -1.82. The Labute approximate surface area is 104 Å². The van der Waals surface area contributed by atoms with Gasteiger partial charge >= 0.3 is 5.97 Å². The smallest absolute Gasteiger partial charge is 0.335 e. The van der Waals surface area contributed by atoms with E-state index in [1.165, 1.54) is 12.1 Å². The molecular weight excluding hydrogens is 238 g/mol. The minimum atomic E-state index is -0.935. The summed E-state index contributed by atoms with van der Waals surface area (Å²) >= 11 is 5.06. The van der Waals surface area contributed by atoms with Crippen molar-refractivity contribution in [1.29, 1.82) is 0 Å². The van der Waals surface area contributed by atoms with Crippen molar-refractivity contribution in [2.24, 2.45) is 0 Å². The molecule has 0 aromatic heterocycles. The topological polar surface area (TPSA) is 73.4 Å². The fourth-order valence-electron chi connectivity index (χ4n) is 1.27. The van der Waals surface area contributed by atoms with Crippen molar-refractivity contribution < 1.29 is 9.90 Å². The van der Waals surface area contributed by atoms with Gasteiger partial charge in [-0.1, -0.05) is 0 Å². The number of benzene rings is 1. The van der Waals surface area contributed by atoms with Crippen LogP contribution in [0.25, 0.3) is 0 Å². The molecular formula is C11H13N3O2S. The molecule has 1 saturated carbocycles. The first-order valence-corrected chi connectivity index (χ1v) is 5.72. The summed E-state index contributed by atoms with van der Waals surface area (Å²) in [7, 11) is 0. The van der Waals surface area contributed by atoms with E-state index >= 15 is 0 Å². The van der Waals surface area contributed by atoms with Crippen LogP contribution in [0.3, 0.4) is 0 Å². The Morgan fingerprint density at radius 1 is 1.29 bits per heavy atom. The molecule has 0 amide bonds. The minimum absolute atomic E-state index is 0.259. The Kier molecular flexibility index (Phi) is 3.43. The largest absolute Gasteiger partial charge is 0.478 e. The Morgan fingerprint density at radius 2 is 1.94 bits per heavy atom. The number of aromatic carboxylic acids is 1. The molecule has 0 bridgehead atoms. The van der Waals surface area contributed by atoms with Crippen LogP contribution in [0.1, 0.15) is 23.2 Å². The molecule has 1 fully saturated rings. The molecule has 0 aliphatic heterocycles. The molecule has 6 heteroatoms. The Balaban J connectivity index is 1.81. The average Bonchev–Trinajstić information content (AvgIpc) is 3.11. The quantitative estimate of drug-likeness (QED) is 0.478. The normalized spacial score (nSPS) is 13.9. The van der Waals surface area contributed by atoms with Crippen LogP contribution in [-0.2, 0) is 0 Å². The summed E-state index contributed by atoms with van der Waals surface area (Å²) in [5.41, 5.74) is 6.76. The predicted molar refractivity (Wildman–Crippen MR) is 68.9 cm³/mol. The third-order valence-electron chi connectivity index (χ3n) is 2.36. The van der Waals surface area contributed by atoms with Crippen LogP contribution >= 0.6 is 12.2 Å². The molecule has 2 rings (SSSR count). The molecule has 4 N–H and O–H groups in total. The second-order valence-corrected chi connectivity index (χ2v) is 4.29. The molecule has 90 valence electrons. The van der Waals surface area contributed by atoms with E-state index in [0.29, 0.717) is 11.2 Å². The van der Waals surface area contributed by atoms with Gasteiger partial charge in [0.1, 0.15) is 0 Å². The molecule has 0 heterocycles. The Bertz CT molecular complexity index is 429. The number of nitrogens with one attached hydrogen (secondary N) is 3. The second-order valence-electron chi connectivity index (χ2n) is 3.88. The van der Waals surface area contributed by atoms with E-state index in [0.717, 1.165) is 18.5 Å². The van der Waals surface area contributed by atoms with E-state index in [2.05, 4.69) is 16.2 Å². The van der Waals surface area contributed by atoms with Gasteiger partial charge in [0.25, 0.3) is 0 Å². The van der Waals surface area contributed by atoms with Gasteiger partial charge in [0.05, 0.1) is 11.3 Å². The molecule has 0 unspecified atom stereocenters. The lowest BCUT2D eigenvalue weighted by atomic mass is 10.2. The maximum Gasteiger partial charge on any atom is 0.335 e. The number of hydrazine groups is 1. The van der Waals surface area contributed by atoms with E-state index in [9.17, 15) is 4.79 Å². The zero-order valence-corrected chi connectivity index (χ0v) is 9.88. The zero-order chi connectivity index (χ0) is 12.3. The highest BCUT2D eigenvalue weighted by atomic mass is 32.1. The van der Waals surface area contributed by atoms with Crippen molar-refractivity contribution in [3.05, 3.63) is 29.8 Å². The lowest BCUT2D eigenvalue weighted by Gasteiger charge is -2.11. The third-order valence-corrected chi connectivity index (χ3v) is 2.58. The molecule has 5 nitrogen and oxygen atoms in total. The van der Waals surface area contributed by atoms with Crippen LogP contribution in [0, 0.1) is 0 Å². The number of thiocarbonyl (C=S) groups is 1. The van der Waals surface area contributed by atoms with Gasteiger partial charge < -0.3 is 10.4 Å². The van der Waals surface area contributed by atoms with Gasteiger partial charge in [0.15, 0.2) is 5.11 Å². The molecule has 1 aromatic carbocycles. The molecule has 0 saturated heterocycles. The molecule has 0 atom stereocenters. The van der Waals surface area contributed by atoms with Crippen molar-refractivity contribution >= 4 is 29.0 Å². The highest BCUT2D eigenvalue weighted by Crippen LogP contribution is 2.18. The molecule has 1 aromatic rings. The highest BCUT2D eigenvalue weighted by molar-refractivity contribution is 7.80. The van der Waals surface area contributed by atoms with Crippen molar-refractivity contribution in [3.8, 4) is 0 Å². The summed E-state index contributed by atoms with van der Waals surface area (Å²) in [5.74, 6) is -0.935. The number of carboxylic acids is 1. The van der Waals surface area contributed by atoms with Gasteiger partial charge in [-0.25, -0.2) is 4.79 Å². The maximum absolute atomic E-state index is 10.6. The lowest BCUT2D eigenvalue weighted by Crippen LogP contribution is -2.39. The zero-order valence-electron chi connectivity index (χ0n) is 9.06. The molecule has 0 radical (unpaired) electrons. The lowest BCUT2D eigenvalue weighted by molar-refractivity contribution is 0.0697. The van der Waals surface area contributed by atoms with Crippen molar-refractivity contribution in [2.75, 3.05) is 5.43 Å². The number of carboxylic acid groups (broad SMARTS) is 1. The standard InChI is InChI=1S/C11H13N3O2S/c15-10(16)7-1-3-9(4-2-7)13-14-11(17)12-8-5-6-8/h1-4,8,13H,5-6H2,(H,15,16)(H2,12,14,17). The SMILES string of the molecule is O=C(O)c1ccc(NNC(=S)NC2CC2)cc1. The summed E-state index contributed by atoms with van der Waals surface area (Å²) in [6.45, 7) is 0. The number of hydrogen-bond acceptors (Lipinski definition) is 3. The third kappa shape index (κ3) is 3.60. The first-order chi connectivity index (χ1) is 8.15. The maximum atomic E-state index is 10.6. The first kappa shape index (κ1) is 11.7. The van der Waals surface area contributed by atoms with E-state index < -0.39 is 5.97 Å². The van der Waals surface area contributed by atoms with E-state index in [-0.39, 0.29) is 5.56 Å². The van der Waals surface area contributed by atoms with Crippen LogP contribution in [0.5, 0.6) is 0 Å². The van der Waals surface area contributed by atoms with Gasteiger partial charge in [-0.15, -0.1) is 0 Å². The summed E-state index contributed by atoms with van der Waals surface area (Å²) in [6.07, 6.45) is 2.32. The monoisotopic (exact) mass is 251 g/mol. The number of rotatable bonds is 4. The van der Waals surface area contributed by atoms with Crippen LogP contribution < -0.4 is 16.2 Å². The predicted octanol–water partition coefficient (Wildman–Crippen LogP) is 1.34. The van der Waals surface area contributed by atoms with Crippen LogP contribution in [0.15, 0.2) is 24.3 Å². The fraction of sp³-hybridized carbons (Fsp3) is 0.273. The summed E-state index contributed by atoms with van der Waals surface area (Å²) < 4.78 is 0. The molecule has 1 aliphatic carbocycles. The summed E-state index contributed by atoms with van der Waals surface area (Å²) in [6, 6.07) is 6.92. The second kappa shape index (κ2) is 5.01. The number of hydrogen-bond donors (Lipinski definition) is 4.